The van der Waals surface area contributed by atoms with Gasteiger partial charge in [0.2, 0.25) is 0 Å². The number of sulfonamides is 1. The standard InChI is InChI=1S/C22H28N2O3S/c1-16-7-10-20(11-8-16)28(26,27)23(4)21-12-9-19(14-18(21)3)22(25)24-13-5-6-17(2)15-24/h7-12,14,17H,5-6,13,15H2,1-4H3/t17-/m0/s1. The van der Waals surface area contributed by atoms with Gasteiger partial charge in [-0.1, -0.05) is 24.6 Å². The molecular formula is C22H28N2O3S. The summed E-state index contributed by atoms with van der Waals surface area (Å²) < 4.78 is 27.2. The highest BCUT2D eigenvalue weighted by Crippen LogP contribution is 2.27. The zero-order valence-corrected chi connectivity index (χ0v) is 17.8. The molecule has 1 heterocycles. The van der Waals surface area contributed by atoms with Crippen molar-refractivity contribution in [2.75, 3.05) is 24.4 Å². The summed E-state index contributed by atoms with van der Waals surface area (Å²) >= 11 is 0. The van der Waals surface area contributed by atoms with Crippen molar-refractivity contribution in [1.82, 2.24) is 4.90 Å². The van der Waals surface area contributed by atoms with Crippen LogP contribution in [0.2, 0.25) is 0 Å². The summed E-state index contributed by atoms with van der Waals surface area (Å²) in [7, 11) is -2.11. The van der Waals surface area contributed by atoms with Gasteiger partial charge in [0.1, 0.15) is 0 Å². The molecule has 0 unspecified atom stereocenters. The van der Waals surface area contributed by atoms with Crippen LogP contribution in [0.3, 0.4) is 0 Å². The predicted molar refractivity (Wildman–Crippen MR) is 112 cm³/mol. The SMILES string of the molecule is Cc1ccc(S(=O)(=O)N(C)c2ccc(C(=O)N3CCC[C@H](C)C3)cc2C)cc1. The fourth-order valence-electron chi connectivity index (χ4n) is 3.70. The maximum Gasteiger partial charge on any atom is 0.264 e. The van der Waals surface area contributed by atoms with Crippen molar-refractivity contribution >= 4 is 21.6 Å². The van der Waals surface area contributed by atoms with E-state index in [-0.39, 0.29) is 10.8 Å². The van der Waals surface area contributed by atoms with Crippen LogP contribution < -0.4 is 4.31 Å². The molecule has 1 aliphatic heterocycles. The van der Waals surface area contributed by atoms with Gasteiger partial charge in [-0.2, -0.15) is 0 Å². The summed E-state index contributed by atoms with van der Waals surface area (Å²) in [6.45, 7) is 7.49. The van der Waals surface area contributed by atoms with E-state index in [9.17, 15) is 13.2 Å². The van der Waals surface area contributed by atoms with Crippen molar-refractivity contribution in [2.45, 2.75) is 38.5 Å². The summed E-state index contributed by atoms with van der Waals surface area (Å²) in [5.41, 5.74) is 2.95. The largest absolute Gasteiger partial charge is 0.338 e. The third-order valence-corrected chi connectivity index (χ3v) is 7.19. The number of benzene rings is 2. The number of hydrogen-bond donors (Lipinski definition) is 0. The van der Waals surface area contributed by atoms with Crippen molar-refractivity contribution in [3.8, 4) is 0 Å². The van der Waals surface area contributed by atoms with Crippen LogP contribution in [0.5, 0.6) is 0 Å². The number of piperidine rings is 1. The van der Waals surface area contributed by atoms with E-state index in [2.05, 4.69) is 6.92 Å². The lowest BCUT2D eigenvalue weighted by atomic mass is 9.99. The zero-order chi connectivity index (χ0) is 20.5. The Kier molecular flexibility index (Phi) is 5.79. The second kappa shape index (κ2) is 7.95. The highest BCUT2D eigenvalue weighted by Gasteiger charge is 2.25. The Labute approximate surface area is 168 Å². The van der Waals surface area contributed by atoms with Gasteiger partial charge in [-0.25, -0.2) is 8.42 Å². The lowest BCUT2D eigenvalue weighted by Gasteiger charge is -2.31. The van der Waals surface area contributed by atoms with Gasteiger partial charge in [-0.05, 0) is 68.5 Å². The topological polar surface area (TPSA) is 57.7 Å². The van der Waals surface area contributed by atoms with Gasteiger partial charge in [-0.15, -0.1) is 0 Å². The highest BCUT2D eigenvalue weighted by molar-refractivity contribution is 7.92. The molecule has 1 saturated heterocycles. The second-order valence-corrected chi connectivity index (χ2v) is 9.75. The molecule has 150 valence electrons. The molecule has 0 bridgehead atoms. The zero-order valence-electron chi connectivity index (χ0n) is 17.0. The number of carbonyl (C=O) groups excluding carboxylic acids is 1. The summed E-state index contributed by atoms with van der Waals surface area (Å²) in [6, 6.07) is 12.0. The number of nitrogens with zero attached hydrogens (tertiary/aromatic N) is 2. The fourth-order valence-corrected chi connectivity index (χ4v) is 4.96. The Morgan fingerprint density at radius 2 is 1.79 bits per heavy atom. The lowest BCUT2D eigenvalue weighted by molar-refractivity contribution is 0.0683. The Morgan fingerprint density at radius 3 is 2.39 bits per heavy atom. The number of amides is 1. The molecule has 0 spiro atoms. The third kappa shape index (κ3) is 4.07. The van der Waals surface area contributed by atoms with Crippen LogP contribution in [0.15, 0.2) is 47.4 Å². The van der Waals surface area contributed by atoms with Crippen LogP contribution in [0, 0.1) is 19.8 Å². The Bertz CT molecular complexity index is 968. The second-order valence-electron chi connectivity index (χ2n) is 7.79. The van der Waals surface area contributed by atoms with Gasteiger partial charge < -0.3 is 4.90 Å². The average Bonchev–Trinajstić information content (AvgIpc) is 2.67. The summed E-state index contributed by atoms with van der Waals surface area (Å²) in [5.74, 6) is 0.536. The molecule has 28 heavy (non-hydrogen) atoms. The molecule has 0 aliphatic carbocycles. The van der Waals surface area contributed by atoms with E-state index >= 15 is 0 Å². The predicted octanol–water partition coefficient (Wildman–Crippen LogP) is 4.00. The molecule has 1 fully saturated rings. The molecule has 2 aromatic carbocycles. The minimum absolute atomic E-state index is 0.0187. The smallest absolute Gasteiger partial charge is 0.264 e. The number of aryl methyl sites for hydroxylation is 2. The molecule has 1 amide bonds. The van der Waals surface area contributed by atoms with Gasteiger partial charge in [-0.3, -0.25) is 9.10 Å². The van der Waals surface area contributed by atoms with E-state index < -0.39 is 10.0 Å². The molecule has 0 saturated carbocycles. The number of rotatable bonds is 4. The Hall–Kier alpha value is -2.34. The number of anilines is 1. The molecule has 3 rings (SSSR count). The minimum Gasteiger partial charge on any atom is -0.338 e. The van der Waals surface area contributed by atoms with E-state index in [0.717, 1.165) is 37.1 Å². The molecule has 1 atom stereocenters. The van der Waals surface area contributed by atoms with E-state index in [4.69, 9.17) is 0 Å². The van der Waals surface area contributed by atoms with Gasteiger partial charge in [0, 0.05) is 25.7 Å². The molecule has 6 heteroatoms. The minimum atomic E-state index is -3.65. The lowest BCUT2D eigenvalue weighted by Crippen LogP contribution is -2.39. The van der Waals surface area contributed by atoms with Gasteiger partial charge >= 0.3 is 0 Å². The molecule has 5 nitrogen and oxygen atoms in total. The maximum absolute atomic E-state index is 12.9. The van der Waals surface area contributed by atoms with Crippen LogP contribution in [-0.4, -0.2) is 39.4 Å². The van der Waals surface area contributed by atoms with Crippen LogP contribution in [0.1, 0.15) is 41.3 Å². The fraction of sp³-hybridized carbons (Fsp3) is 0.409. The molecule has 2 aromatic rings. The number of likely N-dealkylation sites (tertiary alicyclic amines) is 1. The van der Waals surface area contributed by atoms with Crippen molar-refractivity contribution in [3.63, 3.8) is 0 Å². The quantitative estimate of drug-likeness (QED) is 0.779. The monoisotopic (exact) mass is 400 g/mol. The van der Waals surface area contributed by atoms with E-state index in [0.29, 0.717) is 17.2 Å². The van der Waals surface area contributed by atoms with Crippen LogP contribution in [0.4, 0.5) is 5.69 Å². The van der Waals surface area contributed by atoms with Crippen molar-refractivity contribution < 1.29 is 13.2 Å². The summed E-state index contributed by atoms with van der Waals surface area (Å²) in [6.07, 6.45) is 2.19. The molecule has 0 radical (unpaired) electrons. The van der Waals surface area contributed by atoms with Gasteiger partial charge in [0.05, 0.1) is 10.6 Å². The van der Waals surface area contributed by atoms with Crippen LogP contribution >= 0.6 is 0 Å². The first kappa shape index (κ1) is 20.4. The highest BCUT2D eigenvalue weighted by atomic mass is 32.2. The maximum atomic E-state index is 12.9. The molecule has 0 aromatic heterocycles. The number of carbonyl (C=O) groups is 1. The van der Waals surface area contributed by atoms with E-state index in [1.165, 1.54) is 4.31 Å². The Balaban J connectivity index is 1.85. The van der Waals surface area contributed by atoms with Gasteiger partial charge in [0.15, 0.2) is 0 Å². The average molecular weight is 401 g/mol. The molecular weight excluding hydrogens is 372 g/mol. The van der Waals surface area contributed by atoms with Crippen molar-refractivity contribution in [2.24, 2.45) is 5.92 Å². The first-order valence-electron chi connectivity index (χ1n) is 9.65. The first-order valence-corrected chi connectivity index (χ1v) is 11.1. The van der Waals surface area contributed by atoms with E-state index in [1.54, 1.807) is 49.5 Å². The first-order chi connectivity index (χ1) is 13.2. The van der Waals surface area contributed by atoms with Crippen LogP contribution in [-0.2, 0) is 10.0 Å². The molecule has 1 aliphatic rings. The van der Waals surface area contributed by atoms with Crippen molar-refractivity contribution in [3.05, 3.63) is 59.2 Å². The molecule has 0 N–H and O–H groups in total. The van der Waals surface area contributed by atoms with Crippen molar-refractivity contribution in [1.29, 1.82) is 0 Å². The summed E-state index contributed by atoms with van der Waals surface area (Å²) in [5, 5.41) is 0. The van der Waals surface area contributed by atoms with E-state index in [1.807, 2.05) is 18.7 Å². The third-order valence-electron chi connectivity index (χ3n) is 5.41. The number of hydrogen-bond acceptors (Lipinski definition) is 3. The Morgan fingerprint density at radius 1 is 1.11 bits per heavy atom. The van der Waals surface area contributed by atoms with Crippen LogP contribution in [0.25, 0.3) is 0 Å². The normalized spacial score (nSPS) is 17.4. The summed E-state index contributed by atoms with van der Waals surface area (Å²) in [4.78, 5) is 15.0. The van der Waals surface area contributed by atoms with Gasteiger partial charge in [0.25, 0.3) is 15.9 Å².